The van der Waals surface area contributed by atoms with E-state index in [0.29, 0.717) is 41.0 Å². The van der Waals surface area contributed by atoms with Crippen molar-refractivity contribution in [1.82, 2.24) is 20.0 Å². The van der Waals surface area contributed by atoms with Crippen molar-refractivity contribution in [3.8, 4) is 5.69 Å². The maximum atomic E-state index is 13.0. The maximum absolute atomic E-state index is 13.0. The standard InChI is InChI=1S/C22H26ClN5O3/c1-3-15-7-9-22(10-8-15)20(30)27(21(31)25-22)13-19(29)24-18-11-14(2)26-28(18)17-6-4-5-16(23)12-17/h4-6,11-12,15H,3,7-10,13H2,1-2H3,(H,24,29)(H,25,31). The number of nitrogens with one attached hydrogen (secondary N) is 2. The quantitative estimate of drug-likeness (QED) is 0.689. The van der Waals surface area contributed by atoms with E-state index in [1.165, 1.54) is 0 Å². The topological polar surface area (TPSA) is 96.3 Å². The lowest BCUT2D eigenvalue weighted by Crippen LogP contribution is -2.49. The number of urea groups is 1. The molecule has 2 N–H and O–H groups in total. The van der Waals surface area contributed by atoms with E-state index in [2.05, 4.69) is 22.7 Å². The summed E-state index contributed by atoms with van der Waals surface area (Å²) in [6, 6.07) is 8.31. The minimum absolute atomic E-state index is 0.304. The van der Waals surface area contributed by atoms with Crippen LogP contribution in [0.3, 0.4) is 0 Å². The Bertz CT molecular complexity index is 1030. The fourth-order valence-corrected chi connectivity index (χ4v) is 4.64. The molecule has 0 radical (unpaired) electrons. The van der Waals surface area contributed by atoms with Crippen molar-refractivity contribution in [2.45, 2.75) is 51.5 Å². The summed E-state index contributed by atoms with van der Waals surface area (Å²) in [6.45, 7) is 3.61. The number of imide groups is 1. The number of anilines is 1. The van der Waals surface area contributed by atoms with Crippen molar-refractivity contribution in [3.63, 3.8) is 0 Å². The first-order valence-corrected chi connectivity index (χ1v) is 11.0. The summed E-state index contributed by atoms with van der Waals surface area (Å²) in [7, 11) is 0. The Morgan fingerprint density at radius 3 is 2.71 bits per heavy atom. The molecule has 4 amide bonds. The van der Waals surface area contributed by atoms with Crippen LogP contribution in [0.4, 0.5) is 10.6 Å². The van der Waals surface area contributed by atoms with Gasteiger partial charge in [-0.05, 0) is 56.7 Å². The van der Waals surface area contributed by atoms with Gasteiger partial charge in [0.1, 0.15) is 17.9 Å². The molecule has 4 rings (SSSR count). The molecule has 0 atom stereocenters. The number of carbonyl (C=O) groups excluding carboxylic acids is 3. The van der Waals surface area contributed by atoms with Gasteiger partial charge in [-0.15, -0.1) is 0 Å². The predicted molar refractivity (Wildman–Crippen MR) is 117 cm³/mol. The molecule has 31 heavy (non-hydrogen) atoms. The largest absolute Gasteiger partial charge is 0.325 e. The van der Waals surface area contributed by atoms with Crippen molar-refractivity contribution >= 4 is 35.3 Å². The minimum Gasteiger partial charge on any atom is -0.323 e. The van der Waals surface area contributed by atoms with Crippen LogP contribution in [-0.4, -0.2) is 44.6 Å². The van der Waals surface area contributed by atoms with E-state index in [1.54, 1.807) is 28.9 Å². The summed E-state index contributed by atoms with van der Waals surface area (Å²) in [5, 5.41) is 10.6. The van der Waals surface area contributed by atoms with Gasteiger partial charge in [0.05, 0.1) is 11.4 Å². The van der Waals surface area contributed by atoms with E-state index >= 15 is 0 Å². The van der Waals surface area contributed by atoms with E-state index in [9.17, 15) is 14.4 Å². The fraction of sp³-hybridized carbons (Fsp3) is 0.455. The van der Waals surface area contributed by atoms with Crippen LogP contribution in [0.25, 0.3) is 5.69 Å². The molecule has 1 aliphatic carbocycles. The van der Waals surface area contributed by atoms with Crippen molar-refractivity contribution in [2.24, 2.45) is 5.92 Å². The predicted octanol–water partition coefficient (Wildman–Crippen LogP) is 3.66. The number of rotatable bonds is 5. The average molecular weight is 444 g/mol. The first kappa shape index (κ1) is 21.4. The molecule has 1 spiro atoms. The summed E-state index contributed by atoms with van der Waals surface area (Å²) in [5.41, 5.74) is 0.539. The molecule has 8 nitrogen and oxygen atoms in total. The second-order valence-corrected chi connectivity index (χ2v) is 8.80. The number of aromatic nitrogens is 2. The van der Waals surface area contributed by atoms with E-state index < -0.39 is 17.5 Å². The normalized spacial score (nSPS) is 23.3. The van der Waals surface area contributed by atoms with Crippen molar-refractivity contribution < 1.29 is 14.4 Å². The van der Waals surface area contributed by atoms with Crippen LogP contribution in [0.5, 0.6) is 0 Å². The third-order valence-corrected chi connectivity index (χ3v) is 6.47. The third-order valence-electron chi connectivity index (χ3n) is 6.24. The fourth-order valence-electron chi connectivity index (χ4n) is 4.46. The van der Waals surface area contributed by atoms with E-state index in [1.807, 2.05) is 13.0 Å². The van der Waals surface area contributed by atoms with Gasteiger partial charge < -0.3 is 10.6 Å². The number of benzene rings is 1. The number of hydrogen-bond donors (Lipinski definition) is 2. The number of hydrogen-bond acceptors (Lipinski definition) is 4. The Labute approximate surface area is 185 Å². The molecular weight excluding hydrogens is 418 g/mol. The first-order chi connectivity index (χ1) is 14.8. The Balaban J connectivity index is 1.46. The third kappa shape index (κ3) is 4.17. The molecular formula is C22H26ClN5O3. The second kappa shape index (κ2) is 8.34. The lowest BCUT2D eigenvalue weighted by molar-refractivity contribution is -0.135. The van der Waals surface area contributed by atoms with Crippen molar-refractivity contribution in [3.05, 3.63) is 41.0 Å². The van der Waals surface area contributed by atoms with Gasteiger partial charge in [0.15, 0.2) is 0 Å². The molecule has 1 saturated carbocycles. The van der Waals surface area contributed by atoms with E-state index in [0.717, 1.165) is 24.2 Å². The Morgan fingerprint density at radius 2 is 2.03 bits per heavy atom. The maximum Gasteiger partial charge on any atom is 0.325 e. The van der Waals surface area contributed by atoms with Gasteiger partial charge in [0, 0.05) is 11.1 Å². The molecule has 0 unspecified atom stereocenters. The zero-order valence-corrected chi connectivity index (χ0v) is 18.4. The highest BCUT2D eigenvalue weighted by molar-refractivity contribution is 6.30. The van der Waals surface area contributed by atoms with Crippen LogP contribution in [-0.2, 0) is 9.59 Å². The van der Waals surface area contributed by atoms with Crippen LogP contribution in [0.15, 0.2) is 30.3 Å². The van der Waals surface area contributed by atoms with Crippen LogP contribution >= 0.6 is 11.6 Å². The summed E-state index contributed by atoms with van der Waals surface area (Å²) in [6.07, 6.45) is 4.12. The highest BCUT2D eigenvalue weighted by Crippen LogP contribution is 2.37. The molecule has 0 bridgehead atoms. The number of amides is 4. The monoisotopic (exact) mass is 443 g/mol. The summed E-state index contributed by atoms with van der Waals surface area (Å²) in [4.78, 5) is 39.3. The number of aryl methyl sites for hydroxylation is 1. The molecule has 164 valence electrons. The van der Waals surface area contributed by atoms with Gasteiger partial charge in [0.2, 0.25) is 5.91 Å². The van der Waals surface area contributed by atoms with Crippen LogP contribution in [0, 0.1) is 12.8 Å². The molecule has 1 saturated heterocycles. The molecule has 2 fully saturated rings. The van der Waals surface area contributed by atoms with Crippen LogP contribution in [0.2, 0.25) is 5.02 Å². The molecule has 1 aromatic heterocycles. The smallest absolute Gasteiger partial charge is 0.323 e. The number of nitrogens with zero attached hydrogens (tertiary/aromatic N) is 3. The van der Waals surface area contributed by atoms with Gasteiger partial charge >= 0.3 is 6.03 Å². The lowest BCUT2D eigenvalue weighted by Gasteiger charge is -2.34. The van der Waals surface area contributed by atoms with Gasteiger partial charge in [-0.3, -0.25) is 14.5 Å². The Morgan fingerprint density at radius 1 is 1.29 bits per heavy atom. The zero-order valence-electron chi connectivity index (χ0n) is 17.7. The molecule has 2 aliphatic rings. The van der Waals surface area contributed by atoms with Crippen molar-refractivity contribution in [2.75, 3.05) is 11.9 Å². The zero-order chi connectivity index (χ0) is 22.2. The highest BCUT2D eigenvalue weighted by Gasteiger charge is 2.52. The van der Waals surface area contributed by atoms with Gasteiger partial charge in [-0.1, -0.05) is 31.0 Å². The van der Waals surface area contributed by atoms with E-state index in [4.69, 9.17) is 11.6 Å². The number of carbonyl (C=O) groups is 3. The number of halogens is 1. The van der Waals surface area contributed by atoms with Gasteiger partial charge in [-0.25, -0.2) is 9.48 Å². The van der Waals surface area contributed by atoms with Gasteiger partial charge in [-0.2, -0.15) is 5.10 Å². The summed E-state index contributed by atoms with van der Waals surface area (Å²) in [5.74, 6) is 0.255. The minimum atomic E-state index is -0.859. The SMILES string of the molecule is CCC1CCC2(CC1)NC(=O)N(CC(=O)Nc1cc(C)nn1-c1cccc(Cl)c1)C2=O. The lowest BCUT2D eigenvalue weighted by atomic mass is 9.75. The first-order valence-electron chi connectivity index (χ1n) is 10.6. The highest BCUT2D eigenvalue weighted by atomic mass is 35.5. The molecule has 9 heteroatoms. The summed E-state index contributed by atoms with van der Waals surface area (Å²) < 4.78 is 1.57. The molecule has 2 aromatic rings. The van der Waals surface area contributed by atoms with Gasteiger partial charge in [0.25, 0.3) is 5.91 Å². The van der Waals surface area contributed by atoms with E-state index in [-0.39, 0.29) is 12.5 Å². The summed E-state index contributed by atoms with van der Waals surface area (Å²) >= 11 is 6.08. The molecule has 1 aromatic carbocycles. The second-order valence-electron chi connectivity index (χ2n) is 8.37. The Kier molecular flexibility index (Phi) is 5.75. The average Bonchev–Trinajstić information content (AvgIpc) is 3.21. The van der Waals surface area contributed by atoms with Crippen molar-refractivity contribution in [1.29, 1.82) is 0 Å². The molecule has 1 aliphatic heterocycles. The van der Waals surface area contributed by atoms with Crippen LogP contribution in [0.1, 0.15) is 44.7 Å². The molecule has 2 heterocycles. The van der Waals surface area contributed by atoms with Crippen LogP contribution < -0.4 is 10.6 Å². The Hall–Kier alpha value is -2.87.